The van der Waals surface area contributed by atoms with E-state index >= 15 is 0 Å². The Kier molecular flexibility index (Phi) is 6.46. The summed E-state index contributed by atoms with van der Waals surface area (Å²) in [5.41, 5.74) is -0.493. The zero-order chi connectivity index (χ0) is 23.4. The van der Waals surface area contributed by atoms with E-state index in [0.29, 0.717) is 21.8 Å². The SMILES string of the molecule is O=C(NCc1cccc(F)c1)c1nn(-c2ccccc2)c(=O)n(Cc2cccc(Cl)c2)c1=O. The zero-order valence-electron chi connectivity index (χ0n) is 17.2. The second-order valence-corrected chi connectivity index (χ2v) is 7.65. The molecule has 0 aliphatic rings. The maximum Gasteiger partial charge on any atom is 0.352 e. The largest absolute Gasteiger partial charge is 0.352 e. The standard InChI is InChI=1S/C24H18ClFN4O3/c25-18-8-4-7-17(12-18)15-29-23(32)21(22(31)27-14-16-6-5-9-19(26)13-16)28-30(24(29)33)20-10-2-1-3-11-20/h1-13H,14-15H2,(H,27,31). The van der Waals surface area contributed by atoms with Crippen LogP contribution in [0.4, 0.5) is 4.39 Å². The molecule has 1 N–H and O–H groups in total. The molecule has 166 valence electrons. The van der Waals surface area contributed by atoms with Crippen LogP contribution in [0.5, 0.6) is 0 Å². The molecule has 0 fully saturated rings. The molecule has 33 heavy (non-hydrogen) atoms. The van der Waals surface area contributed by atoms with Crippen molar-refractivity contribution in [2.24, 2.45) is 0 Å². The molecule has 9 heteroatoms. The van der Waals surface area contributed by atoms with Crippen LogP contribution in [0.15, 0.2) is 88.5 Å². The minimum absolute atomic E-state index is 0.0174. The van der Waals surface area contributed by atoms with E-state index in [-0.39, 0.29) is 13.1 Å². The molecule has 4 rings (SSSR count). The Morgan fingerprint density at radius 3 is 2.39 bits per heavy atom. The van der Waals surface area contributed by atoms with Crippen LogP contribution >= 0.6 is 11.6 Å². The second kappa shape index (κ2) is 9.62. The molecular weight excluding hydrogens is 447 g/mol. The van der Waals surface area contributed by atoms with Gasteiger partial charge in [0.15, 0.2) is 0 Å². The first-order chi connectivity index (χ1) is 15.9. The lowest BCUT2D eigenvalue weighted by Crippen LogP contribution is -2.46. The molecule has 4 aromatic rings. The third kappa shape index (κ3) is 5.07. The Morgan fingerprint density at radius 2 is 1.67 bits per heavy atom. The lowest BCUT2D eigenvalue weighted by molar-refractivity contribution is 0.0941. The number of halogens is 2. The molecule has 0 saturated carbocycles. The summed E-state index contributed by atoms with van der Waals surface area (Å²) in [4.78, 5) is 39.1. The fraction of sp³-hybridized carbons (Fsp3) is 0.0833. The van der Waals surface area contributed by atoms with Gasteiger partial charge in [-0.3, -0.25) is 14.2 Å². The number of carbonyl (C=O) groups is 1. The number of para-hydroxylation sites is 1. The fourth-order valence-electron chi connectivity index (χ4n) is 3.26. The quantitative estimate of drug-likeness (QED) is 0.475. The smallest absolute Gasteiger partial charge is 0.346 e. The second-order valence-electron chi connectivity index (χ2n) is 7.21. The summed E-state index contributed by atoms with van der Waals surface area (Å²) in [5, 5.41) is 7.06. The average Bonchev–Trinajstić information content (AvgIpc) is 2.81. The molecule has 7 nitrogen and oxygen atoms in total. The monoisotopic (exact) mass is 464 g/mol. The van der Waals surface area contributed by atoms with E-state index in [1.807, 2.05) is 0 Å². The number of nitrogens with one attached hydrogen (secondary N) is 1. The summed E-state index contributed by atoms with van der Waals surface area (Å²) in [6, 6.07) is 20.9. The molecule has 3 aromatic carbocycles. The number of nitrogens with zero attached hydrogens (tertiary/aromatic N) is 3. The lowest BCUT2D eigenvalue weighted by atomic mass is 10.2. The molecular formula is C24H18ClFN4O3. The summed E-state index contributed by atoms with van der Waals surface area (Å²) in [6.07, 6.45) is 0. The van der Waals surface area contributed by atoms with Gasteiger partial charge in [0.2, 0.25) is 5.69 Å². The first kappa shape index (κ1) is 22.2. The predicted molar refractivity (Wildman–Crippen MR) is 122 cm³/mol. The highest BCUT2D eigenvalue weighted by Gasteiger charge is 2.20. The highest BCUT2D eigenvalue weighted by molar-refractivity contribution is 6.30. The van der Waals surface area contributed by atoms with Gasteiger partial charge in [0.1, 0.15) is 5.82 Å². The predicted octanol–water partition coefficient (Wildman–Crippen LogP) is 3.17. The minimum Gasteiger partial charge on any atom is -0.346 e. The molecule has 1 aromatic heterocycles. The molecule has 0 aliphatic carbocycles. The number of hydrogen-bond donors (Lipinski definition) is 1. The molecule has 0 bridgehead atoms. The van der Waals surface area contributed by atoms with Gasteiger partial charge in [0, 0.05) is 11.6 Å². The van der Waals surface area contributed by atoms with Gasteiger partial charge >= 0.3 is 5.69 Å². The van der Waals surface area contributed by atoms with Gasteiger partial charge in [0.25, 0.3) is 11.5 Å². The minimum atomic E-state index is -0.844. The number of benzene rings is 3. The van der Waals surface area contributed by atoms with Gasteiger partial charge in [-0.2, -0.15) is 9.78 Å². The van der Waals surface area contributed by atoms with Crippen molar-refractivity contribution in [2.45, 2.75) is 13.1 Å². The highest BCUT2D eigenvalue weighted by Crippen LogP contribution is 2.11. The molecule has 0 aliphatic heterocycles. The van der Waals surface area contributed by atoms with Crippen molar-refractivity contribution in [3.8, 4) is 5.69 Å². The van der Waals surface area contributed by atoms with Crippen LogP contribution in [-0.4, -0.2) is 20.3 Å². The van der Waals surface area contributed by atoms with Crippen molar-refractivity contribution in [1.82, 2.24) is 19.7 Å². The Hall–Kier alpha value is -4.04. The van der Waals surface area contributed by atoms with Crippen molar-refractivity contribution >= 4 is 17.5 Å². The Bertz CT molecular complexity index is 1430. The van der Waals surface area contributed by atoms with E-state index in [2.05, 4.69) is 10.4 Å². The summed E-state index contributed by atoms with van der Waals surface area (Å²) in [6.45, 7) is -0.117. The number of amides is 1. The van der Waals surface area contributed by atoms with Crippen molar-refractivity contribution < 1.29 is 9.18 Å². The van der Waals surface area contributed by atoms with Crippen molar-refractivity contribution in [3.63, 3.8) is 0 Å². The third-order valence-electron chi connectivity index (χ3n) is 4.85. The zero-order valence-corrected chi connectivity index (χ0v) is 18.0. The maximum atomic E-state index is 13.4. The van der Waals surface area contributed by atoms with Gasteiger partial charge in [-0.1, -0.05) is 54.1 Å². The number of carbonyl (C=O) groups excluding carboxylic acids is 1. The van der Waals surface area contributed by atoms with Crippen LogP contribution in [0.2, 0.25) is 5.02 Å². The van der Waals surface area contributed by atoms with E-state index in [4.69, 9.17) is 11.6 Å². The summed E-state index contributed by atoms with van der Waals surface area (Å²) < 4.78 is 15.4. The summed E-state index contributed by atoms with van der Waals surface area (Å²) >= 11 is 6.04. The topological polar surface area (TPSA) is 86.0 Å². The molecule has 0 radical (unpaired) electrons. The molecule has 0 spiro atoms. The lowest BCUT2D eigenvalue weighted by Gasteiger charge is -2.12. The van der Waals surface area contributed by atoms with Gasteiger partial charge in [0.05, 0.1) is 12.2 Å². The van der Waals surface area contributed by atoms with Crippen molar-refractivity contribution in [1.29, 1.82) is 0 Å². The molecule has 0 unspecified atom stereocenters. The molecule has 1 amide bonds. The summed E-state index contributed by atoms with van der Waals surface area (Å²) in [7, 11) is 0. The molecule has 1 heterocycles. The van der Waals surface area contributed by atoms with Gasteiger partial charge < -0.3 is 5.32 Å². The maximum absolute atomic E-state index is 13.4. The fourth-order valence-corrected chi connectivity index (χ4v) is 3.48. The normalized spacial score (nSPS) is 10.7. The number of hydrogen-bond acceptors (Lipinski definition) is 4. The molecule has 0 saturated heterocycles. The summed E-state index contributed by atoms with van der Waals surface area (Å²) in [5.74, 6) is -1.23. The number of rotatable bonds is 6. The number of aromatic nitrogens is 3. The van der Waals surface area contributed by atoms with E-state index < -0.39 is 28.7 Å². The van der Waals surface area contributed by atoms with Crippen LogP contribution in [0.1, 0.15) is 21.6 Å². The van der Waals surface area contributed by atoms with E-state index in [1.165, 1.54) is 18.2 Å². The van der Waals surface area contributed by atoms with Crippen LogP contribution < -0.4 is 16.6 Å². The van der Waals surface area contributed by atoms with Gasteiger partial charge in [-0.05, 0) is 47.5 Å². The highest BCUT2D eigenvalue weighted by atomic mass is 35.5. The Labute approximate surface area is 192 Å². The first-order valence-corrected chi connectivity index (χ1v) is 10.4. The van der Waals surface area contributed by atoms with Crippen LogP contribution in [0.25, 0.3) is 5.69 Å². The van der Waals surface area contributed by atoms with Gasteiger partial charge in [-0.15, -0.1) is 0 Å². The Morgan fingerprint density at radius 1 is 0.939 bits per heavy atom. The van der Waals surface area contributed by atoms with E-state index in [1.54, 1.807) is 60.7 Å². The Balaban J connectivity index is 1.76. The van der Waals surface area contributed by atoms with Crippen LogP contribution in [0, 0.1) is 5.82 Å². The van der Waals surface area contributed by atoms with Crippen LogP contribution in [-0.2, 0) is 13.1 Å². The third-order valence-corrected chi connectivity index (χ3v) is 5.08. The van der Waals surface area contributed by atoms with E-state index in [0.717, 1.165) is 9.25 Å². The van der Waals surface area contributed by atoms with Crippen LogP contribution in [0.3, 0.4) is 0 Å². The van der Waals surface area contributed by atoms with Crippen molar-refractivity contribution in [3.05, 3.63) is 127 Å². The average molecular weight is 465 g/mol. The first-order valence-electron chi connectivity index (χ1n) is 9.99. The van der Waals surface area contributed by atoms with Crippen molar-refractivity contribution in [2.75, 3.05) is 0 Å². The molecule has 0 atom stereocenters. The van der Waals surface area contributed by atoms with Gasteiger partial charge in [-0.25, -0.2) is 9.18 Å². The van der Waals surface area contributed by atoms with E-state index in [9.17, 15) is 18.8 Å².